The first-order valence-electron chi connectivity index (χ1n) is 5.22. The summed E-state index contributed by atoms with van der Waals surface area (Å²) in [6, 6.07) is 3.50. The minimum Gasteiger partial charge on any atom is -0.443 e. The molecule has 5 heteroatoms. The Morgan fingerprint density at radius 2 is 2.38 bits per heavy atom. The summed E-state index contributed by atoms with van der Waals surface area (Å²) in [5, 5.41) is 9.91. The number of halogens is 1. The monoisotopic (exact) mass is 238 g/mol. The van der Waals surface area contributed by atoms with Crippen molar-refractivity contribution in [1.29, 1.82) is 0 Å². The number of hydrogen-bond donors (Lipinski definition) is 1. The van der Waals surface area contributed by atoms with Crippen LogP contribution in [0, 0.1) is 0 Å². The van der Waals surface area contributed by atoms with Crippen LogP contribution in [0.3, 0.4) is 0 Å². The van der Waals surface area contributed by atoms with Gasteiger partial charge < -0.3 is 14.1 Å². The number of aliphatic hydroxyl groups excluding tert-OH is 1. The van der Waals surface area contributed by atoms with Crippen molar-refractivity contribution in [2.45, 2.75) is 25.5 Å². The van der Waals surface area contributed by atoms with Crippen LogP contribution in [0.4, 0.5) is 0 Å². The van der Waals surface area contributed by atoms with Crippen LogP contribution in [0.1, 0.15) is 12.2 Å². The maximum atomic E-state index is 9.55. The molecule has 1 atom stereocenters. The molecular formula is C11H11ClN2O2. The second-order valence-corrected chi connectivity index (χ2v) is 4.36. The van der Waals surface area contributed by atoms with Gasteiger partial charge in [-0.2, -0.15) is 0 Å². The van der Waals surface area contributed by atoms with E-state index in [1.807, 2.05) is 10.8 Å². The Morgan fingerprint density at radius 1 is 1.50 bits per heavy atom. The van der Waals surface area contributed by atoms with Crippen molar-refractivity contribution in [3.63, 3.8) is 0 Å². The molecule has 0 amide bonds. The predicted molar refractivity (Wildman–Crippen MR) is 59.3 cm³/mol. The third-order valence-corrected chi connectivity index (χ3v) is 3.00. The van der Waals surface area contributed by atoms with E-state index in [2.05, 4.69) is 4.98 Å². The molecule has 1 N–H and O–H groups in total. The van der Waals surface area contributed by atoms with E-state index in [0.717, 1.165) is 24.4 Å². The summed E-state index contributed by atoms with van der Waals surface area (Å²) in [5.74, 6) is 1.66. The maximum absolute atomic E-state index is 9.55. The third kappa shape index (κ3) is 1.64. The number of aromatic nitrogens is 2. The summed E-state index contributed by atoms with van der Waals surface area (Å²) in [6.45, 7) is 0.608. The molecule has 2 aromatic rings. The summed E-state index contributed by atoms with van der Waals surface area (Å²) in [4.78, 5) is 4.47. The van der Waals surface area contributed by atoms with E-state index < -0.39 is 0 Å². The topological polar surface area (TPSA) is 51.2 Å². The van der Waals surface area contributed by atoms with Gasteiger partial charge in [-0.25, -0.2) is 4.98 Å². The van der Waals surface area contributed by atoms with Crippen molar-refractivity contribution < 1.29 is 9.52 Å². The second kappa shape index (κ2) is 3.64. The zero-order chi connectivity index (χ0) is 11.1. The summed E-state index contributed by atoms with van der Waals surface area (Å²) < 4.78 is 7.27. The average Bonchev–Trinajstić information content (AvgIpc) is 2.83. The predicted octanol–water partition coefficient (Wildman–Crippen LogP) is 2.10. The highest BCUT2D eigenvalue weighted by atomic mass is 35.5. The fourth-order valence-electron chi connectivity index (χ4n) is 2.00. The van der Waals surface area contributed by atoms with Gasteiger partial charge >= 0.3 is 0 Å². The lowest BCUT2D eigenvalue weighted by Crippen LogP contribution is -2.23. The SMILES string of the molecule is OC1CCc2nc(-c3ccc(Cl)o3)cn2C1. The molecule has 4 nitrogen and oxygen atoms in total. The number of furan rings is 1. The lowest BCUT2D eigenvalue weighted by molar-refractivity contribution is 0.130. The molecule has 0 radical (unpaired) electrons. The van der Waals surface area contributed by atoms with E-state index in [1.54, 1.807) is 12.1 Å². The number of rotatable bonds is 1. The van der Waals surface area contributed by atoms with Gasteiger partial charge in [0.1, 0.15) is 11.5 Å². The van der Waals surface area contributed by atoms with E-state index in [0.29, 0.717) is 17.5 Å². The van der Waals surface area contributed by atoms with Crippen LogP contribution in [0.5, 0.6) is 0 Å². The summed E-state index contributed by atoms with van der Waals surface area (Å²) in [5.41, 5.74) is 0.774. The van der Waals surface area contributed by atoms with Crippen LogP contribution in [0.2, 0.25) is 5.22 Å². The molecule has 3 heterocycles. The van der Waals surface area contributed by atoms with Crippen molar-refractivity contribution in [2.75, 3.05) is 0 Å². The molecule has 84 valence electrons. The first-order valence-corrected chi connectivity index (χ1v) is 5.60. The number of fused-ring (bicyclic) bond motifs is 1. The summed E-state index contributed by atoms with van der Waals surface area (Å²) in [7, 11) is 0. The Bertz CT molecular complexity index is 518. The highest BCUT2D eigenvalue weighted by Crippen LogP contribution is 2.26. The number of aliphatic hydroxyl groups is 1. The van der Waals surface area contributed by atoms with Crippen molar-refractivity contribution in [1.82, 2.24) is 9.55 Å². The van der Waals surface area contributed by atoms with E-state index in [1.165, 1.54) is 0 Å². The molecule has 0 spiro atoms. The maximum Gasteiger partial charge on any atom is 0.194 e. The first-order chi connectivity index (χ1) is 7.72. The van der Waals surface area contributed by atoms with E-state index in [-0.39, 0.29) is 6.10 Å². The van der Waals surface area contributed by atoms with E-state index >= 15 is 0 Å². The molecular weight excluding hydrogens is 228 g/mol. The lowest BCUT2D eigenvalue weighted by atomic mass is 10.1. The number of nitrogens with zero attached hydrogens (tertiary/aromatic N) is 2. The van der Waals surface area contributed by atoms with Crippen molar-refractivity contribution in [3.8, 4) is 11.5 Å². The zero-order valence-electron chi connectivity index (χ0n) is 8.56. The van der Waals surface area contributed by atoms with Crippen LogP contribution < -0.4 is 0 Å². The van der Waals surface area contributed by atoms with Crippen LogP contribution in [0.25, 0.3) is 11.5 Å². The average molecular weight is 239 g/mol. The fourth-order valence-corrected chi connectivity index (χ4v) is 2.14. The minimum absolute atomic E-state index is 0.269. The van der Waals surface area contributed by atoms with Crippen molar-refractivity contribution in [2.24, 2.45) is 0 Å². The highest BCUT2D eigenvalue weighted by molar-refractivity contribution is 6.28. The van der Waals surface area contributed by atoms with Gasteiger partial charge in [-0.15, -0.1) is 0 Å². The van der Waals surface area contributed by atoms with Crippen LogP contribution in [-0.4, -0.2) is 20.8 Å². The molecule has 1 aliphatic heterocycles. The van der Waals surface area contributed by atoms with Gasteiger partial charge in [0.25, 0.3) is 0 Å². The molecule has 0 fully saturated rings. The molecule has 0 saturated heterocycles. The van der Waals surface area contributed by atoms with E-state index in [9.17, 15) is 5.11 Å². The second-order valence-electron chi connectivity index (χ2n) is 3.99. The van der Waals surface area contributed by atoms with Gasteiger partial charge in [0, 0.05) is 19.2 Å². The Morgan fingerprint density at radius 3 is 3.12 bits per heavy atom. The highest BCUT2D eigenvalue weighted by Gasteiger charge is 2.19. The molecule has 1 aliphatic rings. The fraction of sp³-hybridized carbons (Fsp3) is 0.364. The Hall–Kier alpha value is -1.26. The zero-order valence-corrected chi connectivity index (χ0v) is 9.31. The number of imidazole rings is 1. The third-order valence-electron chi connectivity index (χ3n) is 2.79. The quantitative estimate of drug-likeness (QED) is 0.828. The van der Waals surface area contributed by atoms with Crippen LogP contribution in [0.15, 0.2) is 22.7 Å². The Balaban J connectivity index is 1.98. The molecule has 16 heavy (non-hydrogen) atoms. The minimum atomic E-state index is -0.269. The van der Waals surface area contributed by atoms with Crippen molar-refractivity contribution in [3.05, 3.63) is 29.4 Å². The van der Waals surface area contributed by atoms with Crippen LogP contribution >= 0.6 is 11.6 Å². The molecule has 0 aromatic carbocycles. The summed E-state index contributed by atoms with van der Waals surface area (Å²) in [6.07, 6.45) is 3.20. The Kier molecular flexibility index (Phi) is 2.26. The van der Waals surface area contributed by atoms with Gasteiger partial charge in [-0.3, -0.25) is 0 Å². The largest absolute Gasteiger partial charge is 0.443 e. The number of aryl methyl sites for hydroxylation is 1. The molecule has 0 saturated carbocycles. The van der Waals surface area contributed by atoms with Gasteiger partial charge in [0.2, 0.25) is 0 Å². The van der Waals surface area contributed by atoms with Gasteiger partial charge in [-0.05, 0) is 30.2 Å². The standard InChI is InChI=1S/C11H11ClN2O2/c12-10-3-2-9(16-10)8-6-14-5-7(15)1-4-11(14)13-8/h2-3,6-7,15H,1,4-5H2. The van der Waals surface area contributed by atoms with Gasteiger partial charge in [0.05, 0.1) is 6.10 Å². The normalized spacial score (nSPS) is 19.8. The first kappa shape index (κ1) is 9.93. The van der Waals surface area contributed by atoms with Crippen LogP contribution in [-0.2, 0) is 13.0 Å². The molecule has 2 aromatic heterocycles. The van der Waals surface area contributed by atoms with Gasteiger partial charge in [0.15, 0.2) is 11.0 Å². The molecule has 1 unspecified atom stereocenters. The van der Waals surface area contributed by atoms with E-state index in [4.69, 9.17) is 16.0 Å². The molecule has 3 rings (SSSR count). The molecule has 0 bridgehead atoms. The smallest absolute Gasteiger partial charge is 0.194 e. The van der Waals surface area contributed by atoms with Crippen molar-refractivity contribution >= 4 is 11.6 Å². The lowest BCUT2D eigenvalue weighted by Gasteiger charge is -2.18. The molecule has 0 aliphatic carbocycles. The number of hydrogen-bond acceptors (Lipinski definition) is 3. The summed E-state index contributed by atoms with van der Waals surface area (Å²) >= 11 is 5.72. The Labute approximate surface area is 97.5 Å². The van der Waals surface area contributed by atoms with Gasteiger partial charge in [-0.1, -0.05) is 0 Å².